The van der Waals surface area contributed by atoms with Crippen molar-refractivity contribution in [2.75, 3.05) is 31.5 Å². The number of hydrogen-bond donors (Lipinski definition) is 1. The van der Waals surface area contributed by atoms with Crippen LogP contribution in [0.3, 0.4) is 0 Å². The molecule has 1 saturated heterocycles. The summed E-state index contributed by atoms with van der Waals surface area (Å²) in [5.41, 5.74) is 2.45. The molecule has 21 heavy (non-hydrogen) atoms. The third-order valence-corrected chi connectivity index (χ3v) is 4.00. The lowest BCUT2D eigenvalue weighted by Gasteiger charge is -2.32. The van der Waals surface area contributed by atoms with E-state index in [4.69, 9.17) is 0 Å². The van der Waals surface area contributed by atoms with Gasteiger partial charge >= 0.3 is 0 Å². The van der Waals surface area contributed by atoms with Gasteiger partial charge in [-0.2, -0.15) is 0 Å². The second-order valence-corrected chi connectivity index (χ2v) is 5.35. The highest BCUT2D eigenvalue weighted by Gasteiger charge is 2.23. The van der Waals surface area contributed by atoms with Crippen LogP contribution in [0.5, 0.6) is 0 Å². The van der Waals surface area contributed by atoms with Crippen LogP contribution in [0.2, 0.25) is 0 Å². The third-order valence-electron chi connectivity index (χ3n) is 4.00. The average molecular weight is 287 g/mol. The van der Waals surface area contributed by atoms with E-state index in [1.165, 1.54) is 0 Å². The Morgan fingerprint density at radius 2 is 1.90 bits per heavy atom. The fourth-order valence-electron chi connectivity index (χ4n) is 2.73. The zero-order valence-corrected chi connectivity index (χ0v) is 11.7. The lowest BCUT2D eigenvalue weighted by atomic mass is 10.00. The first kappa shape index (κ1) is 13.6. The topological polar surface area (TPSA) is 69.7 Å². The van der Waals surface area contributed by atoms with Crippen LogP contribution < -0.4 is 5.32 Å². The van der Waals surface area contributed by atoms with Crippen molar-refractivity contribution < 1.29 is 14.4 Å². The first-order valence-corrected chi connectivity index (χ1v) is 7.09. The van der Waals surface area contributed by atoms with Gasteiger partial charge in [-0.3, -0.25) is 14.4 Å². The molecule has 0 aromatic heterocycles. The van der Waals surface area contributed by atoms with E-state index in [1.807, 2.05) is 6.07 Å². The van der Waals surface area contributed by atoms with Crippen LogP contribution in [0, 0.1) is 0 Å². The summed E-state index contributed by atoms with van der Waals surface area (Å²) >= 11 is 0. The Morgan fingerprint density at radius 3 is 2.62 bits per heavy atom. The summed E-state index contributed by atoms with van der Waals surface area (Å²) < 4.78 is 0. The summed E-state index contributed by atoms with van der Waals surface area (Å²) in [5, 5.41) is 2.81. The molecule has 0 saturated carbocycles. The van der Waals surface area contributed by atoms with E-state index in [0.29, 0.717) is 44.6 Å². The molecule has 0 unspecified atom stereocenters. The Hall–Kier alpha value is -2.37. The van der Waals surface area contributed by atoms with Crippen molar-refractivity contribution in [3.05, 3.63) is 29.3 Å². The van der Waals surface area contributed by atoms with Gasteiger partial charge in [0.2, 0.25) is 12.3 Å². The number of fused-ring (bicyclic) bond motifs is 1. The fourth-order valence-corrected chi connectivity index (χ4v) is 2.73. The van der Waals surface area contributed by atoms with E-state index >= 15 is 0 Å². The number of nitrogens with one attached hydrogen (secondary N) is 1. The van der Waals surface area contributed by atoms with Gasteiger partial charge in [0.05, 0.1) is 0 Å². The molecule has 2 heterocycles. The van der Waals surface area contributed by atoms with Gasteiger partial charge in [0.1, 0.15) is 0 Å². The number of carbonyl (C=O) groups excluding carboxylic acids is 3. The summed E-state index contributed by atoms with van der Waals surface area (Å²) in [5.74, 6) is 0.00631. The molecule has 110 valence electrons. The van der Waals surface area contributed by atoms with Crippen LogP contribution in [0.15, 0.2) is 18.2 Å². The molecule has 0 atom stereocenters. The molecule has 0 aliphatic carbocycles. The van der Waals surface area contributed by atoms with Gasteiger partial charge in [0.25, 0.3) is 5.91 Å². The van der Waals surface area contributed by atoms with Gasteiger partial charge < -0.3 is 15.1 Å². The normalized spacial score (nSPS) is 18.0. The predicted molar refractivity (Wildman–Crippen MR) is 76.9 cm³/mol. The van der Waals surface area contributed by atoms with Crippen molar-refractivity contribution in [2.45, 2.75) is 12.8 Å². The minimum Gasteiger partial charge on any atom is -0.342 e. The molecule has 3 rings (SSSR count). The van der Waals surface area contributed by atoms with E-state index < -0.39 is 0 Å². The lowest BCUT2D eigenvalue weighted by Crippen LogP contribution is -2.48. The number of hydrogen-bond acceptors (Lipinski definition) is 3. The Kier molecular flexibility index (Phi) is 3.60. The lowest BCUT2D eigenvalue weighted by molar-refractivity contribution is -0.119. The number of benzene rings is 1. The summed E-state index contributed by atoms with van der Waals surface area (Å²) in [7, 11) is 0. The van der Waals surface area contributed by atoms with E-state index in [1.54, 1.807) is 21.9 Å². The maximum Gasteiger partial charge on any atom is 0.253 e. The van der Waals surface area contributed by atoms with Crippen LogP contribution in [0.25, 0.3) is 0 Å². The number of piperazine rings is 1. The van der Waals surface area contributed by atoms with Crippen molar-refractivity contribution in [1.29, 1.82) is 0 Å². The van der Waals surface area contributed by atoms with Crippen molar-refractivity contribution in [1.82, 2.24) is 9.80 Å². The molecule has 0 spiro atoms. The minimum atomic E-state index is -0.0137. The number of anilines is 1. The molecule has 1 fully saturated rings. The average Bonchev–Trinajstić information content (AvgIpc) is 2.53. The summed E-state index contributed by atoms with van der Waals surface area (Å²) in [6, 6.07) is 5.41. The standard InChI is InChI=1S/C15H17N3O3/c19-10-17-5-7-18(8-6-17)15(21)12-1-3-13-11(9-12)2-4-14(20)16-13/h1,3,9-10H,2,4-8H2,(H,16,20). The summed E-state index contributed by atoms with van der Waals surface area (Å²) in [6.07, 6.45) is 1.95. The Bertz CT molecular complexity index is 592. The van der Waals surface area contributed by atoms with E-state index in [9.17, 15) is 14.4 Å². The summed E-state index contributed by atoms with van der Waals surface area (Å²) in [6.45, 7) is 2.28. The number of rotatable bonds is 2. The van der Waals surface area contributed by atoms with Gasteiger partial charge in [0, 0.05) is 43.9 Å². The molecule has 6 heteroatoms. The van der Waals surface area contributed by atoms with Crippen LogP contribution in [0.4, 0.5) is 5.69 Å². The molecule has 3 amide bonds. The largest absolute Gasteiger partial charge is 0.342 e. The monoisotopic (exact) mass is 287 g/mol. The maximum atomic E-state index is 12.5. The first-order valence-electron chi connectivity index (χ1n) is 7.09. The Labute approximate surface area is 122 Å². The minimum absolute atomic E-state index is 0.0137. The molecule has 1 aromatic carbocycles. The van der Waals surface area contributed by atoms with Crippen LogP contribution >= 0.6 is 0 Å². The van der Waals surface area contributed by atoms with E-state index in [2.05, 4.69) is 5.32 Å². The maximum absolute atomic E-state index is 12.5. The molecule has 0 radical (unpaired) electrons. The highest BCUT2D eigenvalue weighted by Crippen LogP contribution is 2.24. The van der Waals surface area contributed by atoms with Crippen molar-refractivity contribution in [2.24, 2.45) is 0 Å². The quantitative estimate of drug-likeness (QED) is 0.805. The summed E-state index contributed by atoms with van der Waals surface area (Å²) in [4.78, 5) is 37.9. The SMILES string of the molecule is O=CN1CCN(C(=O)c2ccc3c(c2)CCC(=O)N3)CC1. The number of carbonyl (C=O) groups is 3. The zero-order valence-electron chi connectivity index (χ0n) is 11.7. The van der Waals surface area contributed by atoms with Crippen LogP contribution in [-0.2, 0) is 16.0 Å². The fraction of sp³-hybridized carbons (Fsp3) is 0.400. The van der Waals surface area contributed by atoms with Crippen LogP contribution in [0.1, 0.15) is 22.3 Å². The van der Waals surface area contributed by atoms with E-state index in [-0.39, 0.29) is 11.8 Å². The zero-order chi connectivity index (χ0) is 14.8. The molecular formula is C15H17N3O3. The second kappa shape index (κ2) is 5.55. The van der Waals surface area contributed by atoms with Crippen molar-refractivity contribution in [3.8, 4) is 0 Å². The molecular weight excluding hydrogens is 270 g/mol. The third kappa shape index (κ3) is 2.74. The van der Waals surface area contributed by atoms with Crippen molar-refractivity contribution >= 4 is 23.9 Å². The Morgan fingerprint density at radius 1 is 1.14 bits per heavy atom. The van der Waals surface area contributed by atoms with Gasteiger partial charge in [-0.1, -0.05) is 0 Å². The molecule has 1 aromatic rings. The smallest absolute Gasteiger partial charge is 0.253 e. The van der Waals surface area contributed by atoms with Gasteiger partial charge in [-0.15, -0.1) is 0 Å². The van der Waals surface area contributed by atoms with Gasteiger partial charge in [-0.25, -0.2) is 0 Å². The Balaban J connectivity index is 1.73. The number of nitrogens with zero attached hydrogens (tertiary/aromatic N) is 2. The number of amides is 3. The molecule has 2 aliphatic rings. The highest BCUT2D eigenvalue weighted by molar-refractivity contribution is 5.98. The predicted octanol–water partition coefficient (Wildman–Crippen LogP) is 0.485. The second-order valence-electron chi connectivity index (χ2n) is 5.35. The molecule has 1 N–H and O–H groups in total. The number of aryl methyl sites for hydroxylation is 1. The highest BCUT2D eigenvalue weighted by atomic mass is 16.2. The van der Waals surface area contributed by atoms with E-state index in [0.717, 1.165) is 17.7 Å². The first-order chi connectivity index (χ1) is 10.2. The molecule has 6 nitrogen and oxygen atoms in total. The molecule has 2 aliphatic heterocycles. The van der Waals surface area contributed by atoms with Gasteiger partial charge in [0.15, 0.2) is 0 Å². The van der Waals surface area contributed by atoms with Crippen molar-refractivity contribution in [3.63, 3.8) is 0 Å². The van der Waals surface area contributed by atoms with Crippen LogP contribution in [-0.4, -0.2) is 54.2 Å². The molecule has 0 bridgehead atoms. The van der Waals surface area contributed by atoms with Gasteiger partial charge in [-0.05, 0) is 30.2 Å².